The summed E-state index contributed by atoms with van der Waals surface area (Å²) in [6, 6.07) is 11.3. The second-order valence-electron chi connectivity index (χ2n) is 7.85. The molecule has 2 bridgehead atoms. The summed E-state index contributed by atoms with van der Waals surface area (Å²) in [5.41, 5.74) is 3.65. The molecular formula is C23H26ClN3O2. The van der Waals surface area contributed by atoms with Gasteiger partial charge in [-0.3, -0.25) is 4.79 Å². The predicted molar refractivity (Wildman–Crippen MR) is 116 cm³/mol. The second-order valence-corrected chi connectivity index (χ2v) is 8.29. The Bertz CT molecular complexity index is 1050. The van der Waals surface area contributed by atoms with E-state index in [1.54, 1.807) is 0 Å². The van der Waals surface area contributed by atoms with Crippen LogP contribution < -0.4 is 5.32 Å². The van der Waals surface area contributed by atoms with Crippen molar-refractivity contribution in [2.45, 2.75) is 33.2 Å². The minimum Gasteiger partial charge on any atom is -0.436 e. The summed E-state index contributed by atoms with van der Waals surface area (Å²) in [6.07, 6.45) is 2.33. The van der Waals surface area contributed by atoms with Crippen LogP contribution in [-0.4, -0.2) is 41.5 Å². The zero-order valence-electron chi connectivity index (χ0n) is 15.7. The number of amides is 1. The van der Waals surface area contributed by atoms with Gasteiger partial charge in [-0.15, -0.1) is 0 Å². The summed E-state index contributed by atoms with van der Waals surface area (Å²) in [4.78, 5) is 20.1. The van der Waals surface area contributed by atoms with Crippen LogP contribution in [0.15, 0.2) is 40.8 Å². The Morgan fingerprint density at radius 2 is 2.03 bits per heavy atom. The van der Waals surface area contributed by atoms with Crippen LogP contribution in [0, 0.1) is 12.8 Å². The number of benzene rings is 2. The topological polar surface area (TPSA) is 58.4 Å². The fourth-order valence-electron chi connectivity index (χ4n) is 4.49. The number of nitrogens with one attached hydrogen (secondary N) is 1. The van der Waals surface area contributed by atoms with Gasteiger partial charge in [0.2, 0.25) is 5.89 Å². The largest absolute Gasteiger partial charge is 0.436 e. The van der Waals surface area contributed by atoms with E-state index in [0.717, 1.165) is 30.8 Å². The lowest BCUT2D eigenvalue weighted by molar-refractivity contribution is 0.0621. The van der Waals surface area contributed by atoms with Gasteiger partial charge < -0.3 is 14.6 Å². The normalized spacial score (nSPS) is 23.0. The Hall–Kier alpha value is -2.37. The van der Waals surface area contributed by atoms with Gasteiger partial charge in [-0.25, -0.2) is 4.98 Å². The maximum Gasteiger partial charge on any atom is 0.253 e. The smallest absolute Gasteiger partial charge is 0.253 e. The molecule has 0 radical (unpaired) electrons. The second kappa shape index (κ2) is 7.81. The molecule has 1 amide bonds. The Labute approximate surface area is 176 Å². The number of piperidine rings is 3. The van der Waals surface area contributed by atoms with Crippen LogP contribution >= 0.6 is 11.6 Å². The van der Waals surface area contributed by atoms with E-state index in [-0.39, 0.29) is 19.4 Å². The third-order valence-corrected chi connectivity index (χ3v) is 6.29. The van der Waals surface area contributed by atoms with Crippen molar-refractivity contribution in [3.8, 4) is 11.5 Å². The fraction of sp³-hybridized carbons (Fsp3) is 0.391. The Balaban J connectivity index is 0.00000205. The van der Waals surface area contributed by atoms with E-state index in [1.165, 1.54) is 12.8 Å². The van der Waals surface area contributed by atoms with Gasteiger partial charge in [-0.2, -0.15) is 0 Å². The number of oxazole rings is 1. The molecule has 1 atom stereocenters. The molecule has 3 aliphatic heterocycles. The Morgan fingerprint density at radius 3 is 2.72 bits per heavy atom. The van der Waals surface area contributed by atoms with Gasteiger partial charge in [-0.1, -0.05) is 25.1 Å². The first-order valence-electron chi connectivity index (χ1n) is 9.78. The van der Waals surface area contributed by atoms with E-state index in [1.807, 2.05) is 43.3 Å². The molecule has 0 saturated carbocycles. The average Bonchev–Trinajstić information content (AvgIpc) is 3.12. The highest BCUT2D eigenvalue weighted by Crippen LogP contribution is 2.31. The Morgan fingerprint density at radius 1 is 1.24 bits per heavy atom. The number of aromatic nitrogens is 1. The van der Waals surface area contributed by atoms with Gasteiger partial charge >= 0.3 is 0 Å². The molecule has 1 unspecified atom stereocenters. The number of nitrogens with zero attached hydrogens (tertiary/aromatic N) is 2. The monoisotopic (exact) mass is 411 g/mol. The van der Waals surface area contributed by atoms with E-state index in [4.69, 9.17) is 16.0 Å². The van der Waals surface area contributed by atoms with Gasteiger partial charge in [0.05, 0.1) is 5.56 Å². The van der Waals surface area contributed by atoms with E-state index in [2.05, 4.69) is 15.2 Å². The molecule has 3 fully saturated rings. The van der Waals surface area contributed by atoms with Crippen LogP contribution in [-0.2, 0) is 0 Å². The fourth-order valence-corrected chi connectivity index (χ4v) is 4.72. The van der Waals surface area contributed by atoms with Crippen molar-refractivity contribution in [3.63, 3.8) is 0 Å². The number of halogens is 1. The van der Waals surface area contributed by atoms with Gasteiger partial charge in [0.1, 0.15) is 5.52 Å². The zero-order chi connectivity index (χ0) is 19.3. The third kappa shape index (κ3) is 3.65. The van der Waals surface area contributed by atoms with Gasteiger partial charge in [0.15, 0.2) is 5.58 Å². The summed E-state index contributed by atoms with van der Waals surface area (Å²) in [5.74, 6) is 1.02. The molecule has 0 aliphatic carbocycles. The van der Waals surface area contributed by atoms with E-state index < -0.39 is 0 Å². The minimum absolute atomic E-state index is 0. The molecule has 3 aliphatic rings. The van der Waals surface area contributed by atoms with Crippen LogP contribution in [0.25, 0.3) is 22.6 Å². The quantitative estimate of drug-likeness (QED) is 0.664. The SMILES string of the molecule is C.Cc1cc(Cl)ccc1-c1nc2c(C(=O)NC3CN4CCC3CC4)cccc2o1. The summed E-state index contributed by atoms with van der Waals surface area (Å²) >= 11 is 6.06. The number of hydrogen-bond acceptors (Lipinski definition) is 4. The molecule has 1 N–H and O–H groups in total. The number of hydrogen-bond donors (Lipinski definition) is 1. The molecule has 1 aromatic heterocycles. The summed E-state index contributed by atoms with van der Waals surface area (Å²) in [5, 5.41) is 3.92. The molecular weight excluding hydrogens is 386 g/mol. The van der Waals surface area contributed by atoms with Gasteiger partial charge in [0.25, 0.3) is 5.91 Å². The number of carbonyl (C=O) groups is 1. The highest BCUT2D eigenvalue weighted by molar-refractivity contribution is 6.30. The van der Waals surface area contributed by atoms with Crippen LogP contribution in [0.4, 0.5) is 0 Å². The Kier molecular flexibility index (Phi) is 5.36. The first-order valence-corrected chi connectivity index (χ1v) is 10.2. The van der Waals surface area contributed by atoms with Gasteiger partial charge in [0, 0.05) is 23.2 Å². The molecule has 6 heteroatoms. The first-order chi connectivity index (χ1) is 13.6. The van der Waals surface area contributed by atoms with E-state index in [0.29, 0.717) is 33.5 Å². The van der Waals surface area contributed by atoms with Crippen molar-refractivity contribution >= 4 is 28.6 Å². The lowest BCUT2D eigenvalue weighted by Crippen LogP contribution is -2.57. The summed E-state index contributed by atoms with van der Waals surface area (Å²) < 4.78 is 5.96. The summed E-state index contributed by atoms with van der Waals surface area (Å²) in [7, 11) is 0. The van der Waals surface area contributed by atoms with Crippen molar-refractivity contribution in [2.24, 2.45) is 5.92 Å². The molecule has 0 spiro atoms. The molecule has 3 aromatic rings. The highest BCUT2D eigenvalue weighted by atomic mass is 35.5. The lowest BCUT2D eigenvalue weighted by Gasteiger charge is -2.44. The molecule has 4 heterocycles. The van der Waals surface area contributed by atoms with Crippen LogP contribution in [0.3, 0.4) is 0 Å². The minimum atomic E-state index is -0.0722. The number of rotatable bonds is 3. The van der Waals surface area contributed by atoms with E-state index in [9.17, 15) is 4.79 Å². The van der Waals surface area contributed by atoms with Crippen molar-refractivity contribution in [3.05, 3.63) is 52.5 Å². The molecule has 6 rings (SSSR count). The van der Waals surface area contributed by atoms with E-state index >= 15 is 0 Å². The summed E-state index contributed by atoms with van der Waals surface area (Å²) in [6.45, 7) is 5.22. The van der Waals surface area contributed by atoms with Crippen LogP contribution in [0.1, 0.15) is 36.2 Å². The van der Waals surface area contributed by atoms with Crippen LogP contribution in [0.5, 0.6) is 0 Å². The molecule has 5 nitrogen and oxygen atoms in total. The lowest BCUT2D eigenvalue weighted by atomic mass is 9.84. The maximum atomic E-state index is 13.0. The first kappa shape index (κ1) is 19.9. The van der Waals surface area contributed by atoms with Crippen molar-refractivity contribution in [2.75, 3.05) is 19.6 Å². The zero-order valence-corrected chi connectivity index (χ0v) is 16.5. The molecule has 2 aromatic carbocycles. The molecule has 152 valence electrons. The highest BCUT2D eigenvalue weighted by Gasteiger charge is 2.35. The van der Waals surface area contributed by atoms with Crippen molar-refractivity contribution in [1.29, 1.82) is 0 Å². The van der Waals surface area contributed by atoms with Crippen molar-refractivity contribution < 1.29 is 9.21 Å². The standard InChI is InChI=1S/C22H22ClN3O2.CH4/c1-13-11-15(23)5-6-16(13)22-25-20-17(3-2-4-19(20)28-22)21(27)24-18-12-26-9-7-14(18)8-10-26;/h2-6,11,14,18H,7-10,12H2,1H3,(H,24,27);1H4. The molecule has 29 heavy (non-hydrogen) atoms. The number of para-hydroxylation sites is 1. The number of fused-ring (bicyclic) bond motifs is 4. The maximum absolute atomic E-state index is 13.0. The number of carbonyl (C=O) groups excluding carboxylic acids is 1. The van der Waals surface area contributed by atoms with Crippen molar-refractivity contribution in [1.82, 2.24) is 15.2 Å². The molecule has 3 saturated heterocycles. The van der Waals surface area contributed by atoms with Crippen LogP contribution in [0.2, 0.25) is 5.02 Å². The average molecular weight is 412 g/mol. The van der Waals surface area contributed by atoms with Gasteiger partial charge in [-0.05, 0) is 74.7 Å². The number of aryl methyl sites for hydroxylation is 1. The predicted octanol–water partition coefficient (Wildman–Crippen LogP) is 4.92. The third-order valence-electron chi connectivity index (χ3n) is 6.06.